The van der Waals surface area contributed by atoms with E-state index in [1.165, 1.54) is 23.5 Å². The zero-order valence-corrected chi connectivity index (χ0v) is 13.0. The van der Waals surface area contributed by atoms with E-state index < -0.39 is 10.0 Å². The first-order valence-electron chi connectivity index (χ1n) is 6.21. The summed E-state index contributed by atoms with van der Waals surface area (Å²) >= 11 is 6.06. The van der Waals surface area contributed by atoms with Crippen LogP contribution in [-0.2, 0) is 16.6 Å². The molecule has 0 aliphatic heterocycles. The molecule has 0 amide bonds. The number of nitrogens with zero attached hydrogens (tertiary/aromatic N) is 1. The summed E-state index contributed by atoms with van der Waals surface area (Å²) in [6.07, 6.45) is 0. The summed E-state index contributed by atoms with van der Waals surface area (Å²) in [6.45, 7) is 0.207. The Bertz CT molecular complexity index is 717. The van der Waals surface area contributed by atoms with Gasteiger partial charge < -0.3 is 5.43 Å². The lowest BCUT2D eigenvalue weighted by molar-refractivity contribution is 0.467. The fourth-order valence-corrected chi connectivity index (χ4v) is 3.20. The molecule has 7 heteroatoms. The van der Waals surface area contributed by atoms with Crippen molar-refractivity contribution in [1.29, 1.82) is 0 Å². The molecule has 0 radical (unpaired) electrons. The smallest absolute Gasteiger partial charge is 0.243 e. The van der Waals surface area contributed by atoms with Crippen LogP contribution in [0.5, 0.6) is 0 Å². The number of hydrogen-bond acceptors (Lipinski definition) is 4. The number of rotatable bonds is 5. The van der Waals surface area contributed by atoms with E-state index in [1.54, 1.807) is 30.3 Å². The number of nitrogens with two attached hydrogens (primary N) is 1. The van der Waals surface area contributed by atoms with Crippen molar-refractivity contribution in [1.82, 2.24) is 4.31 Å². The summed E-state index contributed by atoms with van der Waals surface area (Å²) in [5.41, 5.74) is 3.85. The van der Waals surface area contributed by atoms with Gasteiger partial charge in [-0.2, -0.15) is 4.31 Å². The Labute approximate surface area is 129 Å². The summed E-state index contributed by atoms with van der Waals surface area (Å²) in [4.78, 5) is 0.205. The van der Waals surface area contributed by atoms with Gasteiger partial charge in [-0.05, 0) is 35.9 Å². The highest BCUT2D eigenvalue weighted by molar-refractivity contribution is 7.89. The van der Waals surface area contributed by atoms with Crippen molar-refractivity contribution in [2.45, 2.75) is 11.4 Å². The topological polar surface area (TPSA) is 75.4 Å². The molecule has 21 heavy (non-hydrogen) atoms. The monoisotopic (exact) mass is 325 g/mol. The van der Waals surface area contributed by atoms with Gasteiger partial charge in [-0.15, -0.1) is 0 Å². The number of halogens is 1. The highest BCUT2D eigenvalue weighted by Gasteiger charge is 2.21. The molecule has 0 aliphatic carbocycles. The van der Waals surface area contributed by atoms with Gasteiger partial charge in [-0.1, -0.05) is 29.8 Å². The maximum absolute atomic E-state index is 12.5. The quantitative estimate of drug-likeness (QED) is 0.654. The predicted molar refractivity (Wildman–Crippen MR) is 84.4 cm³/mol. The van der Waals surface area contributed by atoms with E-state index in [-0.39, 0.29) is 11.4 Å². The number of anilines is 1. The van der Waals surface area contributed by atoms with Crippen LogP contribution in [0.25, 0.3) is 0 Å². The van der Waals surface area contributed by atoms with E-state index in [4.69, 9.17) is 17.4 Å². The third-order valence-corrected chi connectivity index (χ3v) is 5.27. The highest BCUT2D eigenvalue weighted by atomic mass is 35.5. The standard InChI is InChI=1S/C14H16ClN3O2S/c1-18(10-11-4-2-3-5-14(11)15)21(19,20)13-8-6-12(17-16)7-9-13/h2-9,17H,10,16H2,1H3. The third-order valence-electron chi connectivity index (χ3n) is 3.08. The molecule has 2 rings (SSSR count). The second-order valence-electron chi connectivity index (χ2n) is 4.52. The van der Waals surface area contributed by atoms with E-state index in [0.29, 0.717) is 10.7 Å². The Hall–Kier alpha value is -1.60. The van der Waals surface area contributed by atoms with Crippen molar-refractivity contribution < 1.29 is 8.42 Å². The van der Waals surface area contributed by atoms with Crippen LogP contribution in [0.15, 0.2) is 53.4 Å². The van der Waals surface area contributed by atoms with Crippen LogP contribution in [0.1, 0.15) is 5.56 Å². The first-order valence-corrected chi connectivity index (χ1v) is 8.03. The number of nitrogens with one attached hydrogen (secondary N) is 1. The summed E-state index contributed by atoms with van der Waals surface area (Å²) < 4.78 is 26.2. The highest BCUT2D eigenvalue weighted by Crippen LogP contribution is 2.21. The fourth-order valence-electron chi connectivity index (χ4n) is 1.85. The summed E-state index contributed by atoms with van der Waals surface area (Å²) in [5, 5.41) is 0.544. The molecule has 0 fully saturated rings. The average molecular weight is 326 g/mol. The molecule has 0 atom stereocenters. The zero-order chi connectivity index (χ0) is 15.5. The number of benzene rings is 2. The molecule has 5 nitrogen and oxygen atoms in total. The van der Waals surface area contributed by atoms with Crippen molar-refractivity contribution >= 4 is 27.3 Å². The molecule has 0 spiro atoms. The molecule has 0 aromatic heterocycles. The Balaban J connectivity index is 2.24. The molecular weight excluding hydrogens is 310 g/mol. The van der Waals surface area contributed by atoms with Crippen molar-refractivity contribution in [2.75, 3.05) is 12.5 Å². The number of sulfonamides is 1. The third kappa shape index (κ3) is 3.54. The van der Waals surface area contributed by atoms with Crippen LogP contribution < -0.4 is 11.3 Å². The van der Waals surface area contributed by atoms with Crippen molar-refractivity contribution in [2.24, 2.45) is 5.84 Å². The summed E-state index contributed by atoms with van der Waals surface area (Å²) in [7, 11) is -2.05. The second kappa shape index (κ2) is 6.44. The molecule has 0 heterocycles. The average Bonchev–Trinajstić information content (AvgIpc) is 2.49. The van der Waals surface area contributed by atoms with Crippen LogP contribution in [0.4, 0.5) is 5.69 Å². The van der Waals surface area contributed by atoms with E-state index in [2.05, 4.69) is 5.43 Å². The fraction of sp³-hybridized carbons (Fsp3) is 0.143. The van der Waals surface area contributed by atoms with Crippen molar-refractivity contribution in [3.63, 3.8) is 0 Å². The van der Waals surface area contributed by atoms with Crippen LogP contribution >= 0.6 is 11.6 Å². The molecule has 2 aromatic rings. The van der Waals surface area contributed by atoms with Gasteiger partial charge in [0.05, 0.1) is 4.90 Å². The van der Waals surface area contributed by atoms with Crippen LogP contribution in [0.2, 0.25) is 5.02 Å². The van der Waals surface area contributed by atoms with Crippen molar-refractivity contribution in [3.8, 4) is 0 Å². The number of hydrogen-bond donors (Lipinski definition) is 2. The lowest BCUT2D eigenvalue weighted by atomic mass is 10.2. The van der Waals surface area contributed by atoms with Crippen LogP contribution in [0, 0.1) is 0 Å². The second-order valence-corrected chi connectivity index (χ2v) is 6.97. The van der Waals surface area contributed by atoms with Gasteiger partial charge in [0.2, 0.25) is 10.0 Å². The van der Waals surface area contributed by atoms with Gasteiger partial charge in [0.15, 0.2) is 0 Å². The van der Waals surface area contributed by atoms with Gasteiger partial charge in [0.1, 0.15) is 0 Å². The van der Waals surface area contributed by atoms with Crippen molar-refractivity contribution in [3.05, 3.63) is 59.1 Å². The Morgan fingerprint density at radius 2 is 1.76 bits per heavy atom. The zero-order valence-electron chi connectivity index (χ0n) is 11.5. The molecule has 0 unspecified atom stereocenters. The SMILES string of the molecule is CN(Cc1ccccc1Cl)S(=O)(=O)c1ccc(NN)cc1. The van der Waals surface area contributed by atoms with Crippen LogP contribution in [0.3, 0.4) is 0 Å². The molecule has 3 N–H and O–H groups in total. The molecular formula is C14H16ClN3O2S. The number of hydrazine groups is 1. The lowest BCUT2D eigenvalue weighted by Crippen LogP contribution is -2.26. The normalized spacial score (nSPS) is 11.6. The summed E-state index contributed by atoms with van der Waals surface area (Å²) in [6, 6.07) is 13.4. The van der Waals surface area contributed by atoms with E-state index >= 15 is 0 Å². The van der Waals surface area contributed by atoms with Gasteiger partial charge in [-0.25, -0.2) is 8.42 Å². The van der Waals surface area contributed by atoms with E-state index in [0.717, 1.165) is 5.56 Å². The van der Waals surface area contributed by atoms with Gasteiger partial charge in [-0.3, -0.25) is 5.84 Å². The minimum atomic E-state index is -3.57. The molecule has 0 saturated heterocycles. The Morgan fingerprint density at radius 3 is 2.33 bits per heavy atom. The van der Waals surface area contributed by atoms with E-state index in [1.807, 2.05) is 6.07 Å². The predicted octanol–water partition coefficient (Wildman–Crippen LogP) is 2.45. The minimum Gasteiger partial charge on any atom is -0.324 e. The minimum absolute atomic E-state index is 0.205. The largest absolute Gasteiger partial charge is 0.324 e. The molecule has 112 valence electrons. The Morgan fingerprint density at radius 1 is 1.14 bits per heavy atom. The summed E-state index contributed by atoms with van der Waals surface area (Å²) in [5.74, 6) is 5.26. The number of nitrogen functional groups attached to an aromatic ring is 1. The molecule has 0 bridgehead atoms. The van der Waals surface area contributed by atoms with E-state index in [9.17, 15) is 8.42 Å². The Kier molecular flexibility index (Phi) is 4.84. The van der Waals surface area contributed by atoms with Gasteiger partial charge in [0, 0.05) is 24.3 Å². The first kappa shape index (κ1) is 15.8. The maximum Gasteiger partial charge on any atom is 0.243 e. The van der Waals surface area contributed by atoms with Gasteiger partial charge in [0.25, 0.3) is 0 Å². The first-order chi connectivity index (χ1) is 9.95. The molecule has 0 saturated carbocycles. The molecule has 2 aromatic carbocycles. The van der Waals surface area contributed by atoms with Crippen LogP contribution in [-0.4, -0.2) is 19.8 Å². The molecule has 0 aliphatic rings. The maximum atomic E-state index is 12.5. The lowest BCUT2D eigenvalue weighted by Gasteiger charge is -2.18. The van der Waals surface area contributed by atoms with Gasteiger partial charge >= 0.3 is 0 Å².